The number of halogens is 1. The Kier molecular flexibility index (Phi) is 6.15. The highest BCUT2D eigenvalue weighted by Gasteiger charge is 2.14. The first-order chi connectivity index (χ1) is 9.06. The number of unbranched alkanes of at least 4 members (excludes halogenated alkanes) is 1. The SMILES string of the molecule is CCCCNC(=O)COC(=O)c1cccc(N)c1Cl. The zero-order chi connectivity index (χ0) is 14.3. The summed E-state index contributed by atoms with van der Waals surface area (Å²) in [5.41, 5.74) is 6.03. The lowest BCUT2D eigenvalue weighted by Crippen LogP contribution is -2.29. The fourth-order valence-corrected chi connectivity index (χ4v) is 1.58. The van der Waals surface area contributed by atoms with E-state index in [0.717, 1.165) is 12.8 Å². The maximum absolute atomic E-state index is 11.7. The van der Waals surface area contributed by atoms with Crippen LogP contribution in [-0.2, 0) is 9.53 Å². The van der Waals surface area contributed by atoms with Crippen LogP contribution in [0.5, 0.6) is 0 Å². The summed E-state index contributed by atoms with van der Waals surface area (Å²) >= 11 is 5.88. The van der Waals surface area contributed by atoms with Crippen molar-refractivity contribution in [1.29, 1.82) is 0 Å². The molecule has 1 aromatic carbocycles. The predicted octanol–water partition coefficient (Wildman–Crippen LogP) is 2.00. The van der Waals surface area contributed by atoms with Crippen LogP contribution < -0.4 is 11.1 Å². The van der Waals surface area contributed by atoms with Gasteiger partial charge < -0.3 is 15.8 Å². The van der Waals surface area contributed by atoms with Crippen LogP contribution in [0.15, 0.2) is 18.2 Å². The van der Waals surface area contributed by atoms with E-state index in [1.165, 1.54) is 6.07 Å². The zero-order valence-electron chi connectivity index (χ0n) is 10.7. The molecule has 1 amide bonds. The molecular formula is C13H17ClN2O3. The van der Waals surface area contributed by atoms with Crippen LogP contribution >= 0.6 is 11.6 Å². The highest BCUT2D eigenvalue weighted by atomic mass is 35.5. The number of benzene rings is 1. The lowest BCUT2D eigenvalue weighted by Gasteiger charge is -2.08. The van der Waals surface area contributed by atoms with Crippen LogP contribution in [0.3, 0.4) is 0 Å². The monoisotopic (exact) mass is 284 g/mol. The van der Waals surface area contributed by atoms with Gasteiger partial charge >= 0.3 is 5.97 Å². The van der Waals surface area contributed by atoms with E-state index in [0.29, 0.717) is 12.2 Å². The third kappa shape index (κ3) is 4.79. The van der Waals surface area contributed by atoms with Crippen LogP contribution in [0.4, 0.5) is 5.69 Å². The Hall–Kier alpha value is -1.75. The number of carbonyl (C=O) groups is 2. The number of rotatable bonds is 6. The van der Waals surface area contributed by atoms with Crippen LogP contribution in [-0.4, -0.2) is 25.0 Å². The molecule has 0 aromatic heterocycles. The summed E-state index contributed by atoms with van der Waals surface area (Å²) in [7, 11) is 0. The molecule has 5 nitrogen and oxygen atoms in total. The number of hydrogen-bond acceptors (Lipinski definition) is 4. The van der Waals surface area contributed by atoms with Gasteiger partial charge in [0.2, 0.25) is 0 Å². The van der Waals surface area contributed by atoms with Gasteiger partial charge in [0.1, 0.15) is 0 Å². The first-order valence-corrected chi connectivity index (χ1v) is 6.41. The Morgan fingerprint density at radius 2 is 2.16 bits per heavy atom. The summed E-state index contributed by atoms with van der Waals surface area (Å²) in [6, 6.07) is 4.67. The van der Waals surface area contributed by atoms with Gasteiger partial charge in [-0.1, -0.05) is 31.0 Å². The summed E-state index contributed by atoms with van der Waals surface area (Å²) in [4.78, 5) is 23.1. The number of nitrogen functional groups attached to an aromatic ring is 1. The van der Waals surface area contributed by atoms with Gasteiger partial charge in [-0.3, -0.25) is 4.79 Å². The van der Waals surface area contributed by atoms with E-state index < -0.39 is 5.97 Å². The number of nitrogens with two attached hydrogens (primary N) is 1. The molecule has 0 aliphatic rings. The van der Waals surface area contributed by atoms with E-state index in [4.69, 9.17) is 22.1 Å². The standard InChI is InChI=1S/C13H17ClN2O3/c1-2-3-7-16-11(17)8-19-13(18)9-5-4-6-10(15)12(9)14/h4-6H,2-3,7-8,15H2,1H3,(H,16,17). The quantitative estimate of drug-likeness (QED) is 0.475. The van der Waals surface area contributed by atoms with Gasteiger partial charge in [-0.15, -0.1) is 0 Å². The van der Waals surface area contributed by atoms with Crippen molar-refractivity contribution in [3.8, 4) is 0 Å². The van der Waals surface area contributed by atoms with Crippen LogP contribution in [0.2, 0.25) is 5.02 Å². The number of hydrogen-bond donors (Lipinski definition) is 2. The Morgan fingerprint density at radius 1 is 1.42 bits per heavy atom. The topological polar surface area (TPSA) is 81.4 Å². The number of amides is 1. The van der Waals surface area contributed by atoms with Gasteiger partial charge in [0.25, 0.3) is 5.91 Å². The molecular weight excluding hydrogens is 268 g/mol. The molecule has 0 aliphatic carbocycles. The van der Waals surface area contributed by atoms with Crippen molar-refractivity contribution in [3.63, 3.8) is 0 Å². The second-order valence-corrected chi connectivity index (χ2v) is 4.37. The molecule has 0 saturated heterocycles. The third-order valence-corrected chi connectivity index (χ3v) is 2.86. The fraction of sp³-hybridized carbons (Fsp3) is 0.385. The molecule has 0 fully saturated rings. The highest BCUT2D eigenvalue weighted by molar-refractivity contribution is 6.36. The molecule has 3 N–H and O–H groups in total. The molecule has 0 spiro atoms. The molecule has 0 heterocycles. The molecule has 0 saturated carbocycles. The summed E-state index contributed by atoms with van der Waals surface area (Å²) in [6.07, 6.45) is 1.87. The first kappa shape index (κ1) is 15.3. The minimum absolute atomic E-state index is 0.138. The largest absolute Gasteiger partial charge is 0.452 e. The van der Waals surface area contributed by atoms with E-state index in [-0.39, 0.29) is 23.1 Å². The van der Waals surface area contributed by atoms with Crippen molar-refractivity contribution in [1.82, 2.24) is 5.32 Å². The van der Waals surface area contributed by atoms with Crippen molar-refractivity contribution >= 4 is 29.2 Å². The minimum Gasteiger partial charge on any atom is -0.452 e. The second-order valence-electron chi connectivity index (χ2n) is 3.99. The van der Waals surface area contributed by atoms with Crippen LogP contribution in [0.1, 0.15) is 30.1 Å². The Labute approximate surface area is 117 Å². The molecule has 0 unspecified atom stereocenters. The van der Waals surface area contributed by atoms with Gasteiger partial charge in [-0.25, -0.2) is 4.79 Å². The van der Waals surface area contributed by atoms with E-state index in [2.05, 4.69) is 5.32 Å². The maximum atomic E-state index is 11.7. The molecule has 6 heteroatoms. The number of esters is 1. The first-order valence-electron chi connectivity index (χ1n) is 6.04. The summed E-state index contributed by atoms with van der Waals surface area (Å²) in [5.74, 6) is -0.996. The molecule has 1 rings (SSSR count). The average molecular weight is 285 g/mol. The normalized spacial score (nSPS) is 10.0. The molecule has 0 bridgehead atoms. The molecule has 19 heavy (non-hydrogen) atoms. The van der Waals surface area contributed by atoms with E-state index in [1.54, 1.807) is 12.1 Å². The van der Waals surface area contributed by atoms with Crippen molar-refractivity contribution in [2.45, 2.75) is 19.8 Å². The van der Waals surface area contributed by atoms with E-state index in [9.17, 15) is 9.59 Å². The van der Waals surface area contributed by atoms with Crippen molar-refractivity contribution in [2.24, 2.45) is 0 Å². The molecule has 104 valence electrons. The average Bonchev–Trinajstić information content (AvgIpc) is 2.39. The lowest BCUT2D eigenvalue weighted by atomic mass is 10.2. The maximum Gasteiger partial charge on any atom is 0.340 e. The van der Waals surface area contributed by atoms with Gasteiger partial charge in [-0.2, -0.15) is 0 Å². The molecule has 0 radical (unpaired) electrons. The fourth-order valence-electron chi connectivity index (χ4n) is 1.37. The van der Waals surface area contributed by atoms with Crippen molar-refractivity contribution in [2.75, 3.05) is 18.9 Å². The summed E-state index contributed by atoms with van der Waals surface area (Å²) in [5, 5.41) is 2.78. The van der Waals surface area contributed by atoms with Crippen molar-refractivity contribution in [3.05, 3.63) is 28.8 Å². The predicted molar refractivity (Wildman–Crippen MR) is 74.1 cm³/mol. The van der Waals surface area contributed by atoms with E-state index >= 15 is 0 Å². The second kappa shape index (κ2) is 7.63. The molecule has 1 aromatic rings. The van der Waals surface area contributed by atoms with Crippen LogP contribution in [0, 0.1) is 0 Å². The van der Waals surface area contributed by atoms with Crippen molar-refractivity contribution < 1.29 is 14.3 Å². The Balaban J connectivity index is 2.47. The molecule has 0 atom stereocenters. The molecule has 0 aliphatic heterocycles. The Morgan fingerprint density at radius 3 is 2.84 bits per heavy atom. The highest BCUT2D eigenvalue weighted by Crippen LogP contribution is 2.23. The Bertz CT molecular complexity index is 463. The van der Waals surface area contributed by atoms with Gasteiger partial charge in [0.05, 0.1) is 16.3 Å². The zero-order valence-corrected chi connectivity index (χ0v) is 11.5. The lowest BCUT2D eigenvalue weighted by molar-refractivity contribution is -0.124. The number of carbonyl (C=O) groups excluding carboxylic acids is 2. The van der Waals surface area contributed by atoms with E-state index in [1.807, 2.05) is 6.92 Å². The number of nitrogens with one attached hydrogen (secondary N) is 1. The summed E-state index contributed by atoms with van der Waals surface area (Å²) < 4.78 is 4.87. The van der Waals surface area contributed by atoms with Gasteiger partial charge in [0.15, 0.2) is 6.61 Å². The van der Waals surface area contributed by atoms with Gasteiger partial charge in [0, 0.05) is 6.54 Å². The number of ether oxygens (including phenoxy) is 1. The van der Waals surface area contributed by atoms with Crippen LogP contribution in [0.25, 0.3) is 0 Å². The number of anilines is 1. The smallest absolute Gasteiger partial charge is 0.340 e. The minimum atomic E-state index is -0.664. The van der Waals surface area contributed by atoms with Gasteiger partial charge in [-0.05, 0) is 18.6 Å². The summed E-state index contributed by atoms with van der Waals surface area (Å²) in [6.45, 7) is 2.27. The third-order valence-electron chi connectivity index (χ3n) is 2.44.